The second kappa shape index (κ2) is 16.5. The van der Waals surface area contributed by atoms with Gasteiger partial charge in [-0.25, -0.2) is 0 Å². The Balaban J connectivity index is 2.48. The summed E-state index contributed by atoms with van der Waals surface area (Å²) < 4.78 is 17.6. The smallest absolute Gasteiger partial charge is 0.247 e. The van der Waals surface area contributed by atoms with Crippen LogP contribution in [0.1, 0.15) is 43.5 Å². The summed E-state index contributed by atoms with van der Waals surface area (Å²) in [5.74, 6) is -0.114. The third-order valence-electron chi connectivity index (χ3n) is 5.93. The van der Waals surface area contributed by atoms with Crippen molar-refractivity contribution in [3.05, 3.63) is 45.1 Å². The van der Waals surface area contributed by atoms with Crippen LogP contribution in [-0.4, -0.2) is 91.5 Å². The number of nitrogens with one attached hydrogen (secondary N) is 1. The van der Waals surface area contributed by atoms with Crippen LogP contribution < -0.4 is 14.8 Å². The summed E-state index contributed by atoms with van der Waals surface area (Å²) in [6.07, 6.45) is 4.55. The lowest BCUT2D eigenvalue weighted by atomic mass is 9.88. The summed E-state index contributed by atoms with van der Waals surface area (Å²) >= 11 is 2.01. The highest BCUT2D eigenvalue weighted by Gasteiger charge is 2.40. The minimum atomic E-state index is -1.18. The average molecular weight is 645 g/mol. The first-order valence-electron chi connectivity index (χ1n) is 12.6. The van der Waals surface area contributed by atoms with Crippen LogP contribution in [-0.2, 0) is 14.3 Å². The molecule has 3 N–H and O–H groups in total. The van der Waals surface area contributed by atoms with Gasteiger partial charge in [0.25, 0.3) is 0 Å². The topological polar surface area (TPSA) is 135 Å². The molecular weight excluding hydrogens is 607 g/mol. The van der Waals surface area contributed by atoms with Crippen molar-refractivity contribution < 1.29 is 38.8 Å². The summed E-state index contributed by atoms with van der Waals surface area (Å²) in [6, 6.07) is 2.37. The third-order valence-corrected chi connectivity index (χ3v) is 6.73. The first kappa shape index (κ1) is 31.7. The van der Waals surface area contributed by atoms with E-state index in [4.69, 9.17) is 19.3 Å². The Bertz CT molecular complexity index is 1010. The predicted octanol–water partition coefficient (Wildman–Crippen LogP) is 2.25. The van der Waals surface area contributed by atoms with E-state index >= 15 is 0 Å². The lowest BCUT2D eigenvalue weighted by Gasteiger charge is -2.40. The van der Waals surface area contributed by atoms with Crippen molar-refractivity contribution in [1.82, 2.24) is 10.2 Å². The van der Waals surface area contributed by atoms with Gasteiger partial charge in [-0.1, -0.05) is 13.0 Å². The molecule has 0 radical (unpaired) electrons. The number of nitrogens with zero attached hydrogens (tertiary/aromatic N) is 1. The van der Waals surface area contributed by atoms with Crippen LogP contribution in [0.25, 0.3) is 0 Å². The molecule has 0 unspecified atom stereocenters. The van der Waals surface area contributed by atoms with E-state index in [1.807, 2.05) is 36.4 Å². The number of hydrogen-bond donors (Lipinski definition) is 3. The van der Waals surface area contributed by atoms with Crippen LogP contribution in [0.3, 0.4) is 0 Å². The molecule has 1 aromatic carbocycles. The molecule has 0 saturated carbocycles. The number of halogens is 1. The first-order chi connectivity index (χ1) is 18.3. The van der Waals surface area contributed by atoms with E-state index in [0.29, 0.717) is 65.1 Å². The number of aliphatic hydroxyl groups is 2. The first-order valence-corrected chi connectivity index (χ1v) is 13.7. The molecule has 2 rings (SSSR count). The highest BCUT2D eigenvalue weighted by molar-refractivity contribution is 14.1. The highest BCUT2D eigenvalue weighted by Crippen LogP contribution is 2.37. The van der Waals surface area contributed by atoms with Crippen molar-refractivity contribution in [2.75, 3.05) is 40.0 Å². The number of carbonyl (C=O) groups is 3. The molecule has 210 valence electrons. The summed E-state index contributed by atoms with van der Waals surface area (Å²) in [4.78, 5) is 39.0. The van der Waals surface area contributed by atoms with Crippen LogP contribution in [0.5, 0.6) is 11.5 Å². The van der Waals surface area contributed by atoms with Gasteiger partial charge in [-0.2, -0.15) is 0 Å². The molecule has 11 heteroatoms. The fourth-order valence-corrected chi connectivity index (χ4v) is 4.83. The van der Waals surface area contributed by atoms with Gasteiger partial charge < -0.3 is 34.6 Å². The van der Waals surface area contributed by atoms with Gasteiger partial charge in [0.15, 0.2) is 11.5 Å². The SMILES string of the molecule is CCC=CC(=O)N(CCCOCC)[C@@H]1CC(C(=O)NCCO)=C[C@H](Oc2c(I)cc(C=O)cc2OC)[C@H]1O. The Morgan fingerprint density at radius 3 is 2.68 bits per heavy atom. The zero-order chi connectivity index (χ0) is 28.1. The largest absolute Gasteiger partial charge is 0.493 e. The molecule has 1 aromatic rings. The lowest BCUT2D eigenvalue weighted by Crippen LogP contribution is -2.55. The maximum Gasteiger partial charge on any atom is 0.247 e. The molecular formula is C27H37IN2O8. The van der Waals surface area contributed by atoms with E-state index in [-0.39, 0.29) is 25.5 Å². The van der Waals surface area contributed by atoms with Crippen molar-refractivity contribution in [2.24, 2.45) is 0 Å². The Hall–Kier alpha value is -2.48. The van der Waals surface area contributed by atoms with Gasteiger partial charge in [0, 0.05) is 43.9 Å². The van der Waals surface area contributed by atoms with E-state index in [2.05, 4.69) is 5.32 Å². The number of aliphatic hydroxyl groups excluding tert-OH is 2. The zero-order valence-corrected chi connectivity index (χ0v) is 24.2. The Kier molecular flexibility index (Phi) is 13.8. The molecule has 1 aliphatic carbocycles. The Morgan fingerprint density at radius 2 is 2.05 bits per heavy atom. The number of rotatable bonds is 15. The zero-order valence-electron chi connectivity index (χ0n) is 22.0. The Labute approximate surface area is 237 Å². The number of methoxy groups -OCH3 is 1. The monoisotopic (exact) mass is 644 g/mol. The van der Waals surface area contributed by atoms with Crippen molar-refractivity contribution in [3.63, 3.8) is 0 Å². The Morgan fingerprint density at radius 1 is 1.29 bits per heavy atom. The van der Waals surface area contributed by atoms with Gasteiger partial charge in [0.05, 0.1) is 23.3 Å². The highest BCUT2D eigenvalue weighted by atomic mass is 127. The lowest BCUT2D eigenvalue weighted by molar-refractivity contribution is -0.133. The number of aldehydes is 1. The molecule has 0 saturated heterocycles. The normalized spacial score (nSPS) is 19.1. The second-order valence-electron chi connectivity index (χ2n) is 8.56. The quantitative estimate of drug-likeness (QED) is 0.115. The third kappa shape index (κ3) is 8.79. The number of amides is 2. The molecule has 1 aliphatic rings. The molecule has 2 amide bonds. The predicted molar refractivity (Wildman–Crippen MR) is 150 cm³/mol. The van der Waals surface area contributed by atoms with Crippen LogP contribution in [0.2, 0.25) is 0 Å². The summed E-state index contributed by atoms with van der Waals surface area (Å²) in [5, 5.41) is 23.3. The van der Waals surface area contributed by atoms with E-state index in [1.54, 1.807) is 17.0 Å². The number of hydrogen-bond acceptors (Lipinski definition) is 8. The molecule has 0 spiro atoms. The van der Waals surface area contributed by atoms with Gasteiger partial charge >= 0.3 is 0 Å². The molecule has 0 bridgehead atoms. The van der Waals surface area contributed by atoms with Gasteiger partial charge in [-0.15, -0.1) is 0 Å². The maximum absolute atomic E-state index is 13.2. The van der Waals surface area contributed by atoms with Gasteiger partial charge in [0.1, 0.15) is 18.5 Å². The van der Waals surface area contributed by atoms with Crippen molar-refractivity contribution in [3.8, 4) is 11.5 Å². The van der Waals surface area contributed by atoms with E-state index in [0.717, 1.165) is 0 Å². The average Bonchev–Trinajstić information content (AvgIpc) is 2.92. The van der Waals surface area contributed by atoms with E-state index in [9.17, 15) is 19.5 Å². The van der Waals surface area contributed by atoms with Crippen molar-refractivity contribution in [1.29, 1.82) is 0 Å². The fraction of sp³-hybridized carbons (Fsp3) is 0.519. The second-order valence-corrected chi connectivity index (χ2v) is 9.72. The molecule has 0 aliphatic heterocycles. The summed E-state index contributed by atoms with van der Waals surface area (Å²) in [7, 11) is 1.44. The van der Waals surface area contributed by atoms with E-state index in [1.165, 1.54) is 25.3 Å². The van der Waals surface area contributed by atoms with Crippen LogP contribution in [0.4, 0.5) is 0 Å². The molecule has 0 heterocycles. The van der Waals surface area contributed by atoms with Crippen LogP contribution >= 0.6 is 22.6 Å². The number of carbonyl (C=O) groups excluding carboxylic acids is 3. The van der Waals surface area contributed by atoms with Gasteiger partial charge in [0.2, 0.25) is 11.8 Å². The fourth-order valence-electron chi connectivity index (χ4n) is 4.07. The van der Waals surface area contributed by atoms with Crippen molar-refractivity contribution in [2.45, 2.75) is 51.4 Å². The minimum Gasteiger partial charge on any atom is -0.493 e. The molecule has 10 nitrogen and oxygen atoms in total. The standard InChI is InChI=1S/C27H37IN2O8/c1-4-6-8-24(33)30(10-7-12-37-5-2)21-15-19(27(35)29-9-11-31)16-22(25(21)34)38-26-20(28)13-18(17-32)14-23(26)36-3/h6,8,13-14,16-17,21-22,25,31,34H,4-5,7,9-12,15H2,1-3H3,(H,29,35)/t21-,22+,25+/m1/s1. The number of ether oxygens (including phenoxy) is 3. The maximum atomic E-state index is 13.2. The summed E-state index contributed by atoms with van der Waals surface area (Å²) in [6.45, 7) is 4.93. The minimum absolute atomic E-state index is 0.0596. The van der Waals surface area contributed by atoms with Crippen molar-refractivity contribution >= 4 is 40.7 Å². The van der Waals surface area contributed by atoms with Gasteiger partial charge in [-0.3, -0.25) is 14.4 Å². The number of benzene rings is 1. The van der Waals surface area contributed by atoms with Crippen LogP contribution in [0.15, 0.2) is 35.9 Å². The molecule has 3 atom stereocenters. The number of allylic oxidation sites excluding steroid dienone is 1. The molecule has 0 fully saturated rings. The van der Waals surface area contributed by atoms with Gasteiger partial charge in [-0.05, 0) is 66.6 Å². The van der Waals surface area contributed by atoms with E-state index < -0.39 is 24.2 Å². The molecule has 0 aromatic heterocycles. The molecule has 38 heavy (non-hydrogen) atoms. The van der Waals surface area contributed by atoms with Crippen LogP contribution in [0, 0.1) is 3.57 Å². The summed E-state index contributed by atoms with van der Waals surface area (Å²) in [5.41, 5.74) is 0.716.